The molecule has 5 heteroatoms. The van der Waals surface area contributed by atoms with Crippen LogP contribution in [-0.2, 0) is 17.8 Å². The summed E-state index contributed by atoms with van der Waals surface area (Å²) in [5.41, 5.74) is 1.93. The number of benzene rings is 2. The molecule has 0 N–H and O–H groups in total. The molecule has 1 amide bonds. The van der Waals surface area contributed by atoms with E-state index in [-0.39, 0.29) is 12.5 Å². The summed E-state index contributed by atoms with van der Waals surface area (Å²) in [6, 6.07) is 16.6. The lowest BCUT2D eigenvalue weighted by Crippen LogP contribution is -2.30. The summed E-state index contributed by atoms with van der Waals surface area (Å²) in [4.78, 5) is 13.7. The number of hydrogen-bond acceptors (Lipinski definition) is 3. The third-order valence-electron chi connectivity index (χ3n) is 3.33. The van der Waals surface area contributed by atoms with Crippen molar-refractivity contribution < 1.29 is 9.53 Å². The average molecular weight is 329 g/mol. The van der Waals surface area contributed by atoms with Gasteiger partial charge >= 0.3 is 0 Å². The molecule has 0 saturated carbocycles. The Morgan fingerprint density at radius 2 is 1.74 bits per heavy atom. The van der Waals surface area contributed by atoms with Crippen LogP contribution in [0.3, 0.4) is 0 Å². The highest BCUT2D eigenvalue weighted by molar-refractivity contribution is 6.30. The molecular weight excluding hydrogens is 312 g/mol. The van der Waals surface area contributed by atoms with E-state index in [2.05, 4.69) is 6.07 Å². The number of rotatable bonds is 6. The Bertz CT molecular complexity index is 690. The fraction of sp³-hybridized carbons (Fsp3) is 0.222. The Kier molecular flexibility index (Phi) is 6.02. The molecule has 0 heterocycles. The third kappa shape index (κ3) is 5.32. The Morgan fingerprint density at radius 1 is 1.13 bits per heavy atom. The summed E-state index contributed by atoms with van der Waals surface area (Å²) >= 11 is 5.84. The lowest BCUT2D eigenvalue weighted by Gasteiger charge is -2.17. The number of ether oxygens (including phenoxy) is 1. The summed E-state index contributed by atoms with van der Waals surface area (Å²) < 4.78 is 5.48. The summed E-state index contributed by atoms with van der Waals surface area (Å²) in [5.74, 6) is 0.501. The van der Waals surface area contributed by atoms with E-state index in [9.17, 15) is 4.79 Å². The number of amides is 1. The quantitative estimate of drug-likeness (QED) is 0.816. The minimum Gasteiger partial charge on any atom is -0.484 e. The predicted molar refractivity (Wildman–Crippen MR) is 89.2 cm³/mol. The van der Waals surface area contributed by atoms with Crippen LogP contribution >= 0.6 is 11.6 Å². The molecule has 2 rings (SSSR count). The van der Waals surface area contributed by atoms with Gasteiger partial charge in [0.05, 0.1) is 12.5 Å². The summed E-state index contributed by atoms with van der Waals surface area (Å²) in [6.07, 6.45) is 0.364. The van der Waals surface area contributed by atoms with Crippen molar-refractivity contribution in [1.82, 2.24) is 4.90 Å². The molecular formula is C18H17ClN2O2. The minimum atomic E-state index is -0.110. The molecule has 0 unspecified atom stereocenters. The van der Waals surface area contributed by atoms with Gasteiger partial charge in [0.15, 0.2) is 6.61 Å². The second-order valence-corrected chi connectivity index (χ2v) is 5.58. The molecule has 0 fully saturated rings. The maximum Gasteiger partial charge on any atom is 0.260 e. The molecule has 0 atom stereocenters. The predicted octanol–water partition coefficient (Wildman–Crippen LogP) is 3.44. The number of halogens is 1. The van der Waals surface area contributed by atoms with E-state index >= 15 is 0 Å². The SMILES string of the molecule is CN(Cc1ccc(Cl)cc1)C(=O)COc1ccc(CC#N)cc1. The van der Waals surface area contributed by atoms with E-state index in [1.807, 2.05) is 24.3 Å². The lowest BCUT2D eigenvalue weighted by molar-refractivity contribution is -0.132. The fourth-order valence-corrected chi connectivity index (χ4v) is 2.13. The van der Waals surface area contributed by atoms with Gasteiger partial charge in [-0.25, -0.2) is 0 Å². The number of nitriles is 1. The largest absolute Gasteiger partial charge is 0.484 e. The molecule has 2 aromatic carbocycles. The highest BCUT2D eigenvalue weighted by Gasteiger charge is 2.10. The Balaban J connectivity index is 1.83. The van der Waals surface area contributed by atoms with Crippen LogP contribution in [-0.4, -0.2) is 24.5 Å². The maximum absolute atomic E-state index is 12.1. The van der Waals surface area contributed by atoms with Crippen molar-refractivity contribution in [2.75, 3.05) is 13.7 Å². The zero-order valence-corrected chi connectivity index (χ0v) is 13.6. The molecule has 4 nitrogen and oxygen atoms in total. The van der Waals surface area contributed by atoms with E-state index in [1.54, 1.807) is 36.2 Å². The molecule has 0 aliphatic heterocycles. The van der Waals surface area contributed by atoms with E-state index in [1.165, 1.54) is 0 Å². The molecule has 0 aromatic heterocycles. The van der Waals surface area contributed by atoms with Crippen LogP contribution < -0.4 is 4.74 Å². The van der Waals surface area contributed by atoms with Crippen LogP contribution in [0.2, 0.25) is 5.02 Å². The number of hydrogen-bond donors (Lipinski definition) is 0. The van der Waals surface area contributed by atoms with Crippen LogP contribution in [0.25, 0.3) is 0 Å². The minimum absolute atomic E-state index is 0.0261. The van der Waals surface area contributed by atoms with E-state index in [0.717, 1.165) is 11.1 Å². The topological polar surface area (TPSA) is 53.3 Å². The number of nitrogens with zero attached hydrogens (tertiary/aromatic N) is 2. The van der Waals surface area contributed by atoms with Crippen molar-refractivity contribution in [2.24, 2.45) is 0 Å². The number of carbonyl (C=O) groups is 1. The zero-order chi connectivity index (χ0) is 16.7. The van der Waals surface area contributed by atoms with Gasteiger partial charge < -0.3 is 9.64 Å². The highest BCUT2D eigenvalue weighted by Crippen LogP contribution is 2.13. The van der Waals surface area contributed by atoms with Gasteiger partial charge in [-0.2, -0.15) is 5.26 Å². The molecule has 0 radical (unpaired) electrons. The maximum atomic E-state index is 12.1. The van der Waals surface area contributed by atoms with Gasteiger partial charge in [-0.15, -0.1) is 0 Å². The van der Waals surface area contributed by atoms with Gasteiger partial charge in [0.1, 0.15) is 5.75 Å². The van der Waals surface area contributed by atoms with Gasteiger partial charge in [0.2, 0.25) is 0 Å². The highest BCUT2D eigenvalue weighted by atomic mass is 35.5. The molecule has 2 aromatic rings. The fourth-order valence-electron chi connectivity index (χ4n) is 2.00. The summed E-state index contributed by atoms with van der Waals surface area (Å²) in [6.45, 7) is 0.474. The Morgan fingerprint density at radius 3 is 2.35 bits per heavy atom. The van der Waals surface area contributed by atoms with Crippen LogP contribution in [0.5, 0.6) is 5.75 Å². The van der Waals surface area contributed by atoms with E-state index < -0.39 is 0 Å². The van der Waals surface area contributed by atoms with Gasteiger partial charge in [-0.1, -0.05) is 35.9 Å². The van der Waals surface area contributed by atoms with Gasteiger partial charge in [0.25, 0.3) is 5.91 Å². The van der Waals surface area contributed by atoms with E-state index in [0.29, 0.717) is 23.7 Å². The van der Waals surface area contributed by atoms with Crippen molar-refractivity contribution >= 4 is 17.5 Å². The zero-order valence-electron chi connectivity index (χ0n) is 12.8. The first-order valence-corrected chi connectivity index (χ1v) is 7.53. The van der Waals surface area contributed by atoms with Gasteiger partial charge in [-0.3, -0.25) is 4.79 Å². The van der Waals surface area contributed by atoms with Crippen LogP contribution in [0, 0.1) is 11.3 Å². The Labute approximate surface area is 140 Å². The first kappa shape index (κ1) is 16.9. The van der Waals surface area contributed by atoms with Gasteiger partial charge in [0, 0.05) is 18.6 Å². The standard InChI is InChI=1S/C18H17ClN2O2/c1-21(12-15-2-6-16(19)7-3-15)18(22)13-23-17-8-4-14(5-9-17)10-11-20/h2-9H,10,12-13H2,1H3. The van der Waals surface area contributed by atoms with Crippen molar-refractivity contribution in [2.45, 2.75) is 13.0 Å². The van der Waals surface area contributed by atoms with E-state index in [4.69, 9.17) is 21.6 Å². The summed E-state index contributed by atoms with van der Waals surface area (Å²) in [7, 11) is 1.73. The molecule has 0 bridgehead atoms. The lowest BCUT2D eigenvalue weighted by atomic mass is 10.2. The molecule has 118 valence electrons. The first-order valence-electron chi connectivity index (χ1n) is 7.15. The molecule has 0 aliphatic rings. The monoisotopic (exact) mass is 328 g/mol. The van der Waals surface area contributed by atoms with Crippen molar-refractivity contribution in [1.29, 1.82) is 5.26 Å². The van der Waals surface area contributed by atoms with Gasteiger partial charge in [-0.05, 0) is 35.4 Å². The number of carbonyl (C=O) groups excluding carboxylic acids is 1. The molecule has 0 aliphatic carbocycles. The van der Waals surface area contributed by atoms with Crippen molar-refractivity contribution in [3.63, 3.8) is 0 Å². The van der Waals surface area contributed by atoms with Crippen molar-refractivity contribution in [3.8, 4) is 11.8 Å². The first-order chi connectivity index (χ1) is 11.1. The number of likely N-dealkylation sites (N-methyl/N-ethyl adjacent to an activating group) is 1. The third-order valence-corrected chi connectivity index (χ3v) is 3.58. The second-order valence-electron chi connectivity index (χ2n) is 5.14. The van der Waals surface area contributed by atoms with Crippen LogP contribution in [0.1, 0.15) is 11.1 Å². The molecule has 23 heavy (non-hydrogen) atoms. The average Bonchev–Trinajstić information content (AvgIpc) is 2.56. The van der Waals surface area contributed by atoms with Crippen molar-refractivity contribution in [3.05, 3.63) is 64.7 Å². The molecule has 0 saturated heterocycles. The van der Waals surface area contributed by atoms with Crippen LogP contribution in [0.15, 0.2) is 48.5 Å². The normalized spacial score (nSPS) is 9.96. The second kappa shape index (κ2) is 8.21. The smallest absolute Gasteiger partial charge is 0.260 e. The molecule has 0 spiro atoms. The van der Waals surface area contributed by atoms with Crippen LogP contribution in [0.4, 0.5) is 0 Å². The summed E-state index contributed by atoms with van der Waals surface area (Å²) in [5, 5.41) is 9.30. The Hall–Kier alpha value is -2.51.